The summed E-state index contributed by atoms with van der Waals surface area (Å²) in [6.45, 7) is 6.51. The van der Waals surface area contributed by atoms with Crippen LogP contribution >= 0.6 is 24.8 Å². The highest BCUT2D eigenvalue weighted by molar-refractivity contribution is 7.59. The Labute approximate surface area is 211 Å². The summed E-state index contributed by atoms with van der Waals surface area (Å²) in [5, 5.41) is 12.6. The van der Waals surface area contributed by atoms with E-state index >= 15 is 0 Å². The fourth-order valence-electron chi connectivity index (χ4n) is 4.16. The Balaban J connectivity index is 0.00000324. The molecule has 0 saturated heterocycles. The Morgan fingerprint density at radius 2 is 1.76 bits per heavy atom. The van der Waals surface area contributed by atoms with Crippen LogP contribution in [0.2, 0.25) is 0 Å². The number of hydrogen-bond acceptors (Lipinski definition) is 3. The molecule has 0 aliphatic rings. The third-order valence-electron chi connectivity index (χ3n) is 5.77. The first kappa shape index (κ1) is 25.4. The minimum absolute atomic E-state index is 0. The van der Waals surface area contributed by atoms with Crippen LogP contribution in [0.3, 0.4) is 0 Å². The van der Waals surface area contributed by atoms with Gasteiger partial charge in [-0.05, 0) is 78.2 Å². The molecule has 1 aromatic heterocycles. The number of carboxylic acid groups (broad SMARTS) is 1. The highest BCUT2D eigenvalue weighted by atomic mass is 32.1. The molecule has 5 heteroatoms. The number of rotatable bonds is 7. The second kappa shape index (κ2) is 11.3. The van der Waals surface area contributed by atoms with Crippen molar-refractivity contribution in [2.75, 3.05) is 0 Å². The smallest absolute Gasteiger partial charge is 0.304 e. The van der Waals surface area contributed by atoms with Gasteiger partial charge in [0.1, 0.15) is 12.4 Å². The van der Waals surface area contributed by atoms with Crippen molar-refractivity contribution in [1.82, 2.24) is 0 Å². The Kier molecular flexibility index (Phi) is 8.44. The van der Waals surface area contributed by atoms with Gasteiger partial charge in [-0.1, -0.05) is 42.3 Å². The van der Waals surface area contributed by atoms with Gasteiger partial charge in [0.05, 0.1) is 12.3 Å². The average molecular weight is 489 g/mol. The lowest BCUT2D eigenvalue weighted by Gasteiger charge is -2.12. The molecular weight excluding hydrogens is 460 g/mol. The lowest BCUT2D eigenvalue weighted by Crippen LogP contribution is -2.04. The lowest BCUT2D eigenvalue weighted by molar-refractivity contribution is -0.137. The molecule has 34 heavy (non-hydrogen) atoms. The molecule has 0 saturated carbocycles. The van der Waals surface area contributed by atoms with Crippen molar-refractivity contribution in [3.63, 3.8) is 0 Å². The molecule has 4 rings (SSSR count). The van der Waals surface area contributed by atoms with E-state index in [4.69, 9.17) is 9.84 Å². The summed E-state index contributed by atoms with van der Waals surface area (Å²) in [4.78, 5) is 11.1. The van der Waals surface area contributed by atoms with Gasteiger partial charge >= 0.3 is 5.97 Å². The molecule has 0 amide bonds. The zero-order valence-corrected chi connectivity index (χ0v) is 21.3. The fourth-order valence-corrected chi connectivity index (χ4v) is 5.10. The quantitative estimate of drug-likeness (QED) is 0.275. The van der Waals surface area contributed by atoms with Gasteiger partial charge in [0.25, 0.3) is 0 Å². The van der Waals surface area contributed by atoms with Crippen LogP contribution in [0.25, 0.3) is 21.2 Å². The van der Waals surface area contributed by atoms with E-state index in [0.29, 0.717) is 6.61 Å². The number of thiophene rings is 1. The number of carbonyl (C=O) groups is 1. The first-order valence-electron chi connectivity index (χ1n) is 10.9. The summed E-state index contributed by atoms with van der Waals surface area (Å²) in [5.41, 5.74) is 7.15. The SMILES string of the molecule is CC#C[C@@H](CC(=O)O)c1ccc(OCc2ccc3scc(-c4c(C)cccc4C)c3c2)cc1.S. The molecule has 3 nitrogen and oxygen atoms in total. The van der Waals surface area contributed by atoms with Gasteiger partial charge in [0, 0.05) is 15.6 Å². The molecule has 0 bridgehead atoms. The zero-order chi connectivity index (χ0) is 23.4. The first-order chi connectivity index (χ1) is 16.0. The van der Waals surface area contributed by atoms with Crippen LogP contribution in [0, 0.1) is 25.7 Å². The first-order valence-corrected chi connectivity index (χ1v) is 11.8. The standard InChI is InChI=1S/C29H26O3S.H2S/c1-4-6-23(16-28(30)31)22-10-12-24(13-11-22)32-17-21-9-14-27-25(15-21)26(18-33-27)29-19(2)7-5-8-20(29)3;/h5,7-15,18,23H,16-17H2,1-3H3,(H,30,31);1H2/t23-;/m0./s1. The number of aliphatic carboxylic acids is 1. The summed E-state index contributed by atoms with van der Waals surface area (Å²) < 4.78 is 7.30. The maximum absolute atomic E-state index is 11.1. The van der Waals surface area contributed by atoms with E-state index in [1.165, 1.54) is 32.3 Å². The predicted octanol–water partition coefficient (Wildman–Crippen LogP) is 7.46. The van der Waals surface area contributed by atoms with E-state index in [-0.39, 0.29) is 25.8 Å². The van der Waals surface area contributed by atoms with Crippen LogP contribution < -0.4 is 4.74 Å². The van der Waals surface area contributed by atoms with Crippen LogP contribution in [0.15, 0.2) is 66.0 Å². The molecule has 1 heterocycles. The molecule has 0 unspecified atom stereocenters. The van der Waals surface area contributed by atoms with Crippen LogP contribution in [0.5, 0.6) is 5.75 Å². The van der Waals surface area contributed by atoms with Crippen molar-refractivity contribution in [3.8, 4) is 28.7 Å². The van der Waals surface area contributed by atoms with Gasteiger partial charge in [-0.15, -0.1) is 17.3 Å². The van der Waals surface area contributed by atoms with Crippen LogP contribution in [-0.2, 0) is 11.4 Å². The number of hydrogen-bond donors (Lipinski definition) is 1. The van der Waals surface area contributed by atoms with E-state index in [2.05, 4.69) is 67.5 Å². The Morgan fingerprint density at radius 1 is 1.06 bits per heavy atom. The van der Waals surface area contributed by atoms with Crippen molar-refractivity contribution in [2.45, 2.75) is 39.7 Å². The third-order valence-corrected chi connectivity index (χ3v) is 6.74. The minimum Gasteiger partial charge on any atom is -0.489 e. The van der Waals surface area contributed by atoms with Crippen molar-refractivity contribution in [2.24, 2.45) is 0 Å². The summed E-state index contributed by atoms with van der Waals surface area (Å²) in [7, 11) is 0. The van der Waals surface area contributed by atoms with E-state index in [0.717, 1.165) is 16.9 Å². The molecular formula is C29H28O3S2. The highest BCUT2D eigenvalue weighted by Gasteiger charge is 2.14. The van der Waals surface area contributed by atoms with Gasteiger partial charge in [-0.3, -0.25) is 4.79 Å². The van der Waals surface area contributed by atoms with Crippen LogP contribution in [-0.4, -0.2) is 11.1 Å². The Hall–Kier alpha value is -3.20. The van der Waals surface area contributed by atoms with Gasteiger partial charge < -0.3 is 9.84 Å². The molecule has 0 aliphatic heterocycles. The summed E-state index contributed by atoms with van der Waals surface area (Å²) in [6, 6.07) is 20.5. The van der Waals surface area contributed by atoms with Gasteiger partial charge in [-0.25, -0.2) is 0 Å². The fraction of sp³-hybridized carbons (Fsp3) is 0.207. The molecule has 1 atom stereocenters. The molecule has 0 aliphatic carbocycles. The van der Waals surface area contributed by atoms with Gasteiger partial charge in [-0.2, -0.15) is 13.5 Å². The monoisotopic (exact) mass is 488 g/mol. The van der Waals surface area contributed by atoms with E-state index in [9.17, 15) is 4.79 Å². The lowest BCUT2D eigenvalue weighted by atomic mass is 9.95. The molecule has 3 aromatic carbocycles. The zero-order valence-electron chi connectivity index (χ0n) is 19.5. The molecule has 1 N–H and O–H groups in total. The van der Waals surface area contributed by atoms with Gasteiger partial charge in [0.15, 0.2) is 0 Å². The topological polar surface area (TPSA) is 46.5 Å². The molecule has 0 spiro atoms. The van der Waals surface area contributed by atoms with E-state index in [1.807, 2.05) is 24.3 Å². The van der Waals surface area contributed by atoms with Crippen LogP contribution in [0.4, 0.5) is 0 Å². The number of fused-ring (bicyclic) bond motifs is 1. The van der Waals surface area contributed by atoms with E-state index in [1.54, 1.807) is 18.3 Å². The molecule has 174 valence electrons. The molecule has 0 radical (unpaired) electrons. The largest absolute Gasteiger partial charge is 0.489 e. The maximum Gasteiger partial charge on any atom is 0.304 e. The summed E-state index contributed by atoms with van der Waals surface area (Å²) in [5.74, 6) is 5.38. The van der Waals surface area contributed by atoms with Gasteiger partial charge in [0.2, 0.25) is 0 Å². The molecule has 0 fully saturated rings. The van der Waals surface area contributed by atoms with Crippen molar-refractivity contribution >= 4 is 40.9 Å². The predicted molar refractivity (Wildman–Crippen MR) is 146 cm³/mol. The normalized spacial score (nSPS) is 11.3. The molecule has 4 aromatic rings. The summed E-state index contributed by atoms with van der Waals surface area (Å²) in [6.07, 6.45) is -0.00953. The van der Waals surface area contributed by atoms with Crippen molar-refractivity contribution < 1.29 is 14.6 Å². The number of carboxylic acids is 1. The number of ether oxygens (including phenoxy) is 1. The Bertz CT molecular complexity index is 1340. The summed E-state index contributed by atoms with van der Waals surface area (Å²) >= 11 is 1.77. The van der Waals surface area contributed by atoms with Crippen LogP contribution in [0.1, 0.15) is 41.5 Å². The number of benzene rings is 3. The minimum atomic E-state index is -0.854. The van der Waals surface area contributed by atoms with E-state index < -0.39 is 5.97 Å². The Morgan fingerprint density at radius 3 is 2.41 bits per heavy atom. The van der Waals surface area contributed by atoms with Crippen molar-refractivity contribution in [3.05, 3.63) is 88.3 Å². The highest BCUT2D eigenvalue weighted by Crippen LogP contribution is 2.38. The second-order valence-electron chi connectivity index (χ2n) is 8.15. The number of aryl methyl sites for hydroxylation is 2. The maximum atomic E-state index is 11.1. The van der Waals surface area contributed by atoms with Crippen molar-refractivity contribution in [1.29, 1.82) is 0 Å². The average Bonchev–Trinajstić information content (AvgIpc) is 3.20. The second-order valence-corrected chi connectivity index (χ2v) is 9.06. The third kappa shape index (κ3) is 5.64.